The number of rotatable bonds is 8. The van der Waals surface area contributed by atoms with Crippen molar-refractivity contribution in [2.45, 2.75) is 44.2 Å². The van der Waals surface area contributed by atoms with Crippen LogP contribution >= 0.6 is 0 Å². The first-order valence-electron chi connectivity index (χ1n) is 11.2. The van der Waals surface area contributed by atoms with E-state index in [2.05, 4.69) is 10.3 Å². The predicted octanol–water partition coefficient (Wildman–Crippen LogP) is 4.10. The number of benzene rings is 2. The van der Waals surface area contributed by atoms with Crippen LogP contribution in [0.25, 0.3) is 0 Å². The van der Waals surface area contributed by atoms with Crippen LogP contribution < -0.4 is 11.1 Å². The van der Waals surface area contributed by atoms with Crippen molar-refractivity contribution in [1.82, 2.24) is 5.32 Å². The van der Waals surface area contributed by atoms with E-state index in [0.29, 0.717) is 22.4 Å². The van der Waals surface area contributed by atoms with E-state index >= 15 is 0 Å². The summed E-state index contributed by atoms with van der Waals surface area (Å²) >= 11 is 0. The van der Waals surface area contributed by atoms with Crippen LogP contribution in [0.5, 0.6) is 0 Å². The first kappa shape index (κ1) is 27.9. The molecular formula is C25H23F6N3O3. The van der Waals surface area contributed by atoms with Gasteiger partial charge in [-0.3, -0.25) is 19.4 Å². The Labute approximate surface area is 207 Å². The number of carbonyl (C=O) groups is 3. The molecule has 1 aliphatic heterocycles. The second-order valence-electron chi connectivity index (χ2n) is 8.64. The normalized spacial score (nSPS) is 17.7. The summed E-state index contributed by atoms with van der Waals surface area (Å²) in [6.07, 6.45) is -16.2. The molecule has 0 radical (unpaired) electrons. The van der Waals surface area contributed by atoms with Crippen molar-refractivity contribution in [3.05, 3.63) is 71.3 Å². The van der Waals surface area contributed by atoms with Gasteiger partial charge >= 0.3 is 12.4 Å². The van der Waals surface area contributed by atoms with Crippen LogP contribution in [0.3, 0.4) is 0 Å². The van der Waals surface area contributed by atoms with Crippen molar-refractivity contribution < 1.29 is 40.7 Å². The summed E-state index contributed by atoms with van der Waals surface area (Å²) in [5.41, 5.74) is 7.11. The zero-order valence-corrected chi connectivity index (χ0v) is 19.3. The monoisotopic (exact) mass is 527 g/mol. The highest BCUT2D eigenvalue weighted by Gasteiger charge is 2.43. The molecule has 0 saturated carbocycles. The summed E-state index contributed by atoms with van der Waals surface area (Å²) in [7, 11) is 0. The van der Waals surface area contributed by atoms with Crippen LogP contribution in [0.2, 0.25) is 0 Å². The fraction of sp³-hybridized carbons (Fsp3) is 0.360. The Bertz CT molecular complexity index is 1180. The zero-order valence-electron chi connectivity index (χ0n) is 19.3. The predicted molar refractivity (Wildman–Crippen MR) is 121 cm³/mol. The van der Waals surface area contributed by atoms with Crippen molar-refractivity contribution in [2.24, 2.45) is 22.6 Å². The minimum absolute atomic E-state index is 0.198. The molecule has 0 bridgehead atoms. The molecule has 2 aromatic carbocycles. The van der Waals surface area contributed by atoms with Gasteiger partial charge in [-0.2, -0.15) is 26.3 Å². The summed E-state index contributed by atoms with van der Waals surface area (Å²) in [5, 5.41) is 2.18. The molecular weight excluding hydrogens is 504 g/mol. The number of fused-ring (bicyclic) bond motifs is 1. The van der Waals surface area contributed by atoms with E-state index in [1.807, 2.05) is 0 Å². The van der Waals surface area contributed by atoms with Crippen LogP contribution in [0, 0.1) is 11.8 Å². The van der Waals surface area contributed by atoms with Crippen molar-refractivity contribution in [3.63, 3.8) is 0 Å². The lowest BCUT2D eigenvalue weighted by atomic mass is 9.84. The highest BCUT2D eigenvalue weighted by Crippen LogP contribution is 2.34. The number of hydrogen-bond acceptors (Lipinski definition) is 4. The summed E-state index contributed by atoms with van der Waals surface area (Å²) < 4.78 is 78.0. The highest BCUT2D eigenvalue weighted by molar-refractivity contribution is 6.16. The molecule has 0 spiro atoms. The molecule has 0 saturated heterocycles. The highest BCUT2D eigenvalue weighted by atomic mass is 19.4. The van der Waals surface area contributed by atoms with Gasteiger partial charge in [0.25, 0.3) is 0 Å². The molecule has 12 heteroatoms. The summed E-state index contributed by atoms with van der Waals surface area (Å²) in [4.78, 5) is 42.2. The molecule has 3 atom stereocenters. The molecule has 0 fully saturated rings. The molecule has 6 nitrogen and oxygen atoms in total. The van der Waals surface area contributed by atoms with Gasteiger partial charge in [-0.25, -0.2) is 0 Å². The average Bonchev–Trinajstić information content (AvgIpc) is 2.93. The number of halogens is 6. The molecule has 0 unspecified atom stereocenters. The van der Waals surface area contributed by atoms with Gasteiger partial charge in [0.2, 0.25) is 11.8 Å². The quantitative estimate of drug-likeness (QED) is 0.506. The van der Waals surface area contributed by atoms with Gasteiger partial charge in [0.1, 0.15) is 0 Å². The molecule has 2 aromatic rings. The number of Topliss-reactive ketones (excluding diaryl/α,β-unsaturated/α-hetero) is 1. The maximum absolute atomic E-state index is 13.1. The second kappa shape index (κ2) is 11.1. The maximum atomic E-state index is 13.1. The molecule has 198 valence electrons. The number of ketones is 1. The fourth-order valence-electron chi connectivity index (χ4n) is 4.17. The Morgan fingerprint density at radius 2 is 1.57 bits per heavy atom. The Morgan fingerprint density at radius 3 is 2.16 bits per heavy atom. The summed E-state index contributed by atoms with van der Waals surface area (Å²) in [6.45, 7) is 0. The van der Waals surface area contributed by atoms with E-state index in [-0.39, 0.29) is 6.42 Å². The Hall–Kier alpha value is -3.70. The SMILES string of the molecule is NC(=O)[C@@H](CC(F)(F)F)[C@@H](CCC(F)(F)F)C(=O)N[C@H]1N=C(c2ccccc2)c2ccccc2CC1=O. The van der Waals surface area contributed by atoms with Crippen LogP contribution in [0.15, 0.2) is 59.6 Å². The zero-order chi connectivity index (χ0) is 27.4. The Balaban J connectivity index is 1.99. The largest absolute Gasteiger partial charge is 0.389 e. The number of nitrogens with one attached hydrogen (secondary N) is 1. The van der Waals surface area contributed by atoms with Crippen LogP contribution in [0.1, 0.15) is 36.0 Å². The minimum atomic E-state index is -4.98. The van der Waals surface area contributed by atoms with Crippen molar-refractivity contribution in [1.29, 1.82) is 0 Å². The minimum Gasteiger partial charge on any atom is -0.369 e. The van der Waals surface area contributed by atoms with Crippen LogP contribution in [0.4, 0.5) is 26.3 Å². The first-order valence-corrected chi connectivity index (χ1v) is 11.2. The molecule has 3 rings (SSSR count). The van der Waals surface area contributed by atoms with Crippen LogP contribution in [-0.2, 0) is 20.8 Å². The number of carbonyl (C=O) groups excluding carboxylic acids is 3. The van der Waals surface area contributed by atoms with Gasteiger partial charge in [-0.05, 0) is 12.0 Å². The standard InChI is InChI=1S/C25H23F6N3O3/c26-24(27,28)11-10-17(18(21(32)36)13-25(29,30)31)23(37)34-22-19(35)12-15-8-4-5-9-16(15)20(33-22)14-6-2-1-3-7-14/h1-9,17-18,22H,10-13H2,(H2,32,36)(H,34,37)/t17-,18+,22-/m1/s1. The first-order chi connectivity index (χ1) is 17.2. The summed E-state index contributed by atoms with van der Waals surface area (Å²) in [5.74, 6) is -7.91. The van der Waals surface area contributed by atoms with E-state index in [1.54, 1.807) is 54.6 Å². The number of primary amides is 1. The van der Waals surface area contributed by atoms with Gasteiger partial charge in [0.15, 0.2) is 11.9 Å². The van der Waals surface area contributed by atoms with E-state index in [4.69, 9.17) is 5.73 Å². The van der Waals surface area contributed by atoms with E-state index in [9.17, 15) is 40.7 Å². The third kappa shape index (κ3) is 7.64. The molecule has 0 aromatic heterocycles. The fourth-order valence-corrected chi connectivity index (χ4v) is 4.17. The van der Waals surface area contributed by atoms with Crippen molar-refractivity contribution in [2.75, 3.05) is 0 Å². The number of nitrogens with zero attached hydrogens (tertiary/aromatic N) is 1. The van der Waals surface area contributed by atoms with Gasteiger partial charge < -0.3 is 11.1 Å². The summed E-state index contributed by atoms with van der Waals surface area (Å²) in [6, 6.07) is 15.3. The molecule has 1 heterocycles. The lowest BCUT2D eigenvalue weighted by Gasteiger charge is -2.26. The third-order valence-corrected chi connectivity index (χ3v) is 5.90. The lowest BCUT2D eigenvalue weighted by Crippen LogP contribution is -2.48. The van der Waals surface area contributed by atoms with Gasteiger partial charge in [0.05, 0.1) is 24.0 Å². The van der Waals surface area contributed by atoms with E-state index in [0.717, 1.165) is 0 Å². The third-order valence-electron chi connectivity index (χ3n) is 5.90. The number of aliphatic imine (C=N–C) groups is 1. The molecule has 0 aliphatic carbocycles. The molecule has 37 heavy (non-hydrogen) atoms. The van der Waals surface area contributed by atoms with E-state index in [1.165, 1.54) is 0 Å². The van der Waals surface area contributed by atoms with Crippen molar-refractivity contribution >= 4 is 23.3 Å². The number of nitrogens with two attached hydrogens (primary N) is 1. The molecule has 2 amide bonds. The van der Waals surface area contributed by atoms with Crippen molar-refractivity contribution in [3.8, 4) is 0 Å². The average molecular weight is 527 g/mol. The van der Waals surface area contributed by atoms with Gasteiger partial charge in [-0.1, -0.05) is 54.6 Å². The smallest absolute Gasteiger partial charge is 0.369 e. The van der Waals surface area contributed by atoms with Crippen LogP contribution in [-0.4, -0.2) is 41.8 Å². The Kier molecular flexibility index (Phi) is 8.39. The number of hydrogen-bond donors (Lipinski definition) is 2. The second-order valence-corrected chi connectivity index (χ2v) is 8.64. The molecule has 3 N–H and O–H groups in total. The topological polar surface area (TPSA) is 102 Å². The van der Waals surface area contributed by atoms with Gasteiger partial charge in [0, 0.05) is 24.0 Å². The van der Waals surface area contributed by atoms with E-state index < -0.39 is 67.2 Å². The maximum Gasteiger partial charge on any atom is 0.389 e. The van der Waals surface area contributed by atoms with Gasteiger partial charge in [-0.15, -0.1) is 0 Å². The lowest BCUT2D eigenvalue weighted by molar-refractivity contribution is -0.164. The Morgan fingerprint density at radius 1 is 0.946 bits per heavy atom. The molecule has 1 aliphatic rings. The number of amides is 2. The number of alkyl halides is 6.